The van der Waals surface area contributed by atoms with Crippen LogP contribution in [0.15, 0.2) is 36.7 Å². The molecule has 1 aromatic carbocycles. The summed E-state index contributed by atoms with van der Waals surface area (Å²) in [6.45, 7) is 0. The van der Waals surface area contributed by atoms with Gasteiger partial charge in [-0.25, -0.2) is 0 Å². The van der Waals surface area contributed by atoms with Crippen molar-refractivity contribution in [3.05, 3.63) is 52.9 Å². The van der Waals surface area contributed by atoms with Crippen LogP contribution >= 0.6 is 11.6 Å². The Morgan fingerprint density at radius 2 is 2.11 bits per heavy atom. The summed E-state index contributed by atoms with van der Waals surface area (Å²) in [6, 6.07) is 8.40. The second-order valence-corrected chi connectivity index (χ2v) is 4.76. The van der Waals surface area contributed by atoms with Crippen molar-refractivity contribution >= 4 is 11.6 Å². The van der Waals surface area contributed by atoms with E-state index in [0.717, 1.165) is 19.3 Å². The zero-order chi connectivity index (χ0) is 12.4. The molecule has 1 aliphatic rings. The number of halogens is 1. The Morgan fingerprint density at radius 3 is 3.00 bits per heavy atom. The molecule has 0 fully saturated rings. The van der Waals surface area contributed by atoms with E-state index in [9.17, 15) is 0 Å². The van der Waals surface area contributed by atoms with Crippen molar-refractivity contribution in [2.45, 2.75) is 25.4 Å². The Balaban J connectivity index is 1.86. The molecule has 18 heavy (non-hydrogen) atoms. The number of benzene rings is 1. The Kier molecular flexibility index (Phi) is 3.15. The number of hydrogen-bond acceptors (Lipinski definition) is 3. The maximum atomic E-state index is 5.90. The lowest BCUT2D eigenvalue weighted by atomic mass is 9.89. The average Bonchev–Trinajstić information content (AvgIpc) is 2.39. The molecule has 3 rings (SSSR count). The lowest BCUT2D eigenvalue weighted by Gasteiger charge is -2.25. The van der Waals surface area contributed by atoms with Crippen LogP contribution in [0.4, 0.5) is 0 Å². The van der Waals surface area contributed by atoms with Crippen molar-refractivity contribution in [2.24, 2.45) is 0 Å². The summed E-state index contributed by atoms with van der Waals surface area (Å²) >= 11 is 5.81. The average molecular weight is 261 g/mol. The highest BCUT2D eigenvalue weighted by molar-refractivity contribution is 6.29. The van der Waals surface area contributed by atoms with Crippen molar-refractivity contribution in [3.63, 3.8) is 0 Å². The fourth-order valence-electron chi connectivity index (χ4n) is 2.36. The van der Waals surface area contributed by atoms with E-state index < -0.39 is 0 Å². The Bertz CT molecular complexity index is 559. The van der Waals surface area contributed by atoms with Gasteiger partial charge in [0.15, 0.2) is 5.15 Å². The zero-order valence-corrected chi connectivity index (χ0v) is 10.6. The molecule has 0 N–H and O–H groups in total. The molecule has 0 saturated carbocycles. The molecule has 0 spiro atoms. The van der Waals surface area contributed by atoms with E-state index in [4.69, 9.17) is 16.3 Å². The van der Waals surface area contributed by atoms with Gasteiger partial charge in [0.05, 0.1) is 12.4 Å². The third-order valence-electron chi connectivity index (χ3n) is 3.16. The molecule has 1 heterocycles. The summed E-state index contributed by atoms with van der Waals surface area (Å²) in [5, 5.41) is 0.358. The van der Waals surface area contributed by atoms with Crippen molar-refractivity contribution in [1.29, 1.82) is 0 Å². The maximum Gasteiger partial charge on any atom is 0.234 e. The smallest absolute Gasteiger partial charge is 0.234 e. The number of aryl methyl sites for hydroxylation is 1. The van der Waals surface area contributed by atoms with Gasteiger partial charge in [-0.3, -0.25) is 4.98 Å². The number of hydrogen-bond donors (Lipinski definition) is 0. The van der Waals surface area contributed by atoms with Gasteiger partial charge in [0.2, 0.25) is 5.88 Å². The Morgan fingerprint density at radius 1 is 1.22 bits per heavy atom. The lowest BCUT2D eigenvalue weighted by Crippen LogP contribution is -2.15. The van der Waals surface area contributed by atoms with Crippen LogP contribution in [0.2, 0.25) is 5.15 Å². The first kappa shape index (κ1) is 11.5. The second-order valence-electron chi connectivity index (χ2n) is 4.38. The van der Waals surface area contributed by atoms with E-state index in [0.29, 0.717) is 11.0 Å². The van der Waals surface area contributed by atoms with Gasteiger partial charge in [-0.05, 0) is 30.4 Å². The summed E-state index contributed by atoms with van der Waals surface area (Å²) in [6.07, 6.45) is 6.42. The standard InChI is InChI=1S/C14H13ClN2O/c15-13-8-16-9-14(17-13)18-12-7-3-5-10-4-1-2-6-11(10)12/h1-2,4,6,8-9,12H,3,5,7H2. The van der Waals surface area contributed by atoms with Crippen LogP contribution in [0.25, 0.3) is 0 Å². The molecule has 1 atom stereocenters. The van der Waals surface area contributed by atoms with Crippen LogP contribution in [-0.4, -0.2) is 9.97 Å². The number of ether oxygens (including phenoxy) is 1. The minimum absolute atomic E-state index is 0.0581. The molecular weight excluding hydrogens is 248 g/mol. The number of rotatable bonds is 2. The van der Waals surface area contributed by atoms with Crippen LogP contribution in [0.3, 0.4) is 0 Å². The van der Waals surface area contributed by atoms with E-state index in [2.05, 4.69) is 28.2 Å². The van der Waals surface area contributed by atoms with Crippen LogP contribution in [-0.2, 0) is 6.42 Å². The van der Waals surface area contributed by atoms with Crippen LogP contribution in [0.1, 0.15) is 30.1 Å². The minimum Gasteiger partial charge on any atom is -0.468 e. The molecule has 1 unspecified atom stereocenters. The van der Waals surface area contributed by atoms with Crippen LogP contribution in [0, 0.1) is 0 Å². The molecule has 1 aliphatic carbocycles. The van der Waals surface area contributed by atoms with E-state index in [-0.39, 0.29) is 6.10 Å². The highest BCUT2D eigenvalue weighted by Crippen LogP contribution is 2.32. The molecule has 0 bridgehead atoms. The van der Waals surface area contributed by atoms with Gasteiger partial charge < -0.3 is 4.74 Å². The summed E-state index contributed by atoms with van der Waals surface area (Å²) in [5.41, 5.74) is 2.62. The predicted molar refractivity (Wildman–Crippen MR) is 69.8 cm³/mol. The molecule has 3 nitrogen and oxygen atoms in total. The molecule has 4 heteroatoms. The van der Waals surface area contributed by atoms with Gasteiger partial charge in [0.1, 0.15) is 6.10 Å². The molecule has 92 valence electrons. The fourth-order valence-corrected chi connectivity index (χ4v) is 2.50. The highest BCUT2D eigenvalue weighted by atomic mass is 35.5. The third kappa shape index (κ3) is 2.31. The molecular formula is C14H13ClN2O. The van der Waals surface area contributed by atoms with E-state index >= 15 is 0 Å². The normalized spacial score (nSPS) is 18.2. The SMILES string of the molecule is Clc1cncc(OC2CCCc3ccccc32)n1. The van der Waals surface area contributed by atoms with Crippen LogP contribution < -0.4 is 4.74 Å². The molecule has 0 aliphatic heterocycles. The number of aromatic nitrogens is 2. The van der Waals surface area contributed by atoms with Gasteiger partial charge in [0, 0.05) is 0 Å². The molecule has 1 aromatic heterocycles. The summed E-state index contributed by atoms with van der Waals surface area (Å²) in [7, 11) is 0. The first-order chi connectivity index (χ1) is 8.83. The zero-order valence-electron chi connectivity index (χ0n) is 9.84. The van der Waals surface area contributed by atoms with E-state index in [1.54, 1.807) is 6.20 Å². The lowest BCUT2D eigenvalue weighted by molar-refractivity contribution is 0.175. The summed E-state index contributed by atoms with van der Waals surface area (Å²) in [5.74, 6) is 0.490. The van der Waals surface area contributed by atoms with Gasteiger partial charge in [-0.1, -0.05) is 35.9 Å². The first-order valence-corrected chi connectivity index (χ1v) is 6.43. The Hall–Kier alpha value is -1.61. The topological polar surface area (TPSA) is 35.0 Å². The fraction of sp³-hybridized carbons (Fsp3) is 0.286. The number of fused-ring (bicyclic) bond motifs is 1. The Labute approximate surface area is 111 Å². The third-order valence-corrected chi connectivity index (χ3v) is 3.34. The van der Waals surface area contributed by atoms with Gasteiger partial charge in [-0.2, -0.15) is 4.98 Å². The highest BCUT2D eigenvalue weighted by Gasteiger charge is 2.21. The molecule has 0 saturated heterocycles. The van der Waals surface area contributed by atoms with Gasteiger partial charge >= 0.3 is 0 Å². The quantitative estimate of drug-likeness (QED) is 0.828. The minimum atomic E-state index is 0.0581. The predicted octanol–water partition coefficient (Wildman–Crippen LogP) is 3.59. The second kappa shape index (κ2) is 4.94. The maximum absolute atomic E-state index is 5.90. The largest absolute Gasteiger partial charge is 0.468 e. The van der Waals surface area contributed by atoms with Gasteiger partial charge in [0.25, 0.3) is 0 Å². The summed E-state index contributed by atoms with van der Waals surface area (Å²) < 4.78 is 5.90. The molecule has 2 aromatic rings. The van der Waals surface area contributed by atoms with Crippen molar-refractivity contribution in [2.75, 3.05) is 0 Å². The first-order valence-electron chi connectivity index (χ1n) is 6.05. The van der Waals surface area contributed by atoms with Crippen molar-refractivity contribution in [1.82, 2.24) is 9.97 Å². The van der Waals surface area contributed by atoms with Crippen molar-refractivity contribution < 1.29 is 4.74 Å². The van der Waals surface area contributed by atoms with Crippen molar-refractivity contribution in [3.8, 4) is 5.88 Å². The van der Waals surface area contributed by atoms with Crippen LogP contribution in [0.5, 0.6) is 5.88 Å². The van der Waals surface area contributed by atoms with Gasteiger partial charge in [-0.15, -0.1) is 0 Å². The van der Waals surface area contributed by atoms with E-state index in [1.165, 1.54) is 17.3 Å². The van der Waals surface area contributed by atoms with E-state index in [1.807, 2.05) is 6.07 Å². The molecule has 0 amide bonds. The summed E-state index contributed by atoms with van der Waals surface area (Å²) in [4.78, 5) is 8.11. The molecule has 0 radical (unpaired) electrons. The number of nitrogens with zero attached hydrogens (tertiary/aromatic N) is 2. The monoisotopic (exact) mass is 260 g/mol.